The summed E-state index contributed by atoms with van der Waals surface area (Å²) in [7, 11) is 0. The Labute approximate surface area is 97.1 Å². The topological polar surface area (TPSA) is 43.8 Å². The molecule has 2 aromatic rings. The number of nitrogen functional groups attached to an aromatic ring is 1. The van der Waals surface area contributed by atoms with Gasteiger partial charge < -0.3 is 5.73 Å². The van der Waals surface area contributed by atoms with Crippen LogP contribution in [-0.2, 0) is 0 Å². The lowest BCUT2D eigenvalue weighted by atomic mass is 10.2. The fourth-order valence-corrected chi connectivity index (χ4v) is 1.95. The molecule has 1 aromatic heterocycles. The van der Waals surface area contributed by atoms with E-state index in [-0.39, 0.29) is 0 Å². The summed E-state index contributed by atoms with van der Waals surface area (Å²) < 4.78 is 2.89. The Bertz CT molecular complexity index is 503. The van der Waals surface area contributed by atoms with Crippen molar-refractivity contribution in [3.8, 4) is 5.69 Å². The summed E-state index contributed by atoms with van der Waals surface area (Å²) in [6.07, 6.45) is 1.93. The third-order valence-corrected chi connectivity index (χ3v) is 2.89. The minimum Gasteiger partial charge on any atom is -0.369 e. The molecule has 2 rings (SSSR count). The molecule has 78 valence electrons. The number of hydrogen-bond donors (Lipinski definition) is 1. The Kier molecular flexibility index (Phi) is 2.52. The van der Waals surface area contributed by atoms with Gasteiger partial charge in [-0.25, -0.2) is 4.98 Å². The van der Waals surface area contributed by atoms with Gasteiger partial charge in [0.25, 0.3) is 0 Å². The van der Waals surface area contributed by atoms with Crippen LogP contribution in [-0.4, -0.2) is 9.55 Å². The number of halogens is 1. The highest BCUT2D eigenvalue weighted by Gasteiger charge is 2.07. The average molecular weight is 266 g/mol. The van der Waals surface area contributed by atoms with Gasteiger partial charge >= 0.3 is 0 Å². The number of imidazole rings is 1. The van der Waals surface area contributed by atoms with E-state index in [2.05, 4.69) is 33.9 Å². The second-order valence-corrected chi connectivity index (χ2v) is 4.42. The highest BCUT2D eigenvalue weighted by atomic mass is 79.9. The molecule has 4 heteroatoms. The van der Waals surface area contributed by atoms with E-state index in [1.54, 1.807) is 0 Å². The molecule has 0 amide bonds. The molecule has 0 bridgehead atoms. The first-order chi connectivity index (χ1) is 7.08. The van der Waals surface area contributed by atoms with Gasteiger partial charge in [-0.05, 0) is 47.5 Å². The molecule has 1 aromatic carbocycles. The van der Waals surface area contributed by atoms with Crippen LogP contribution in [0.2, 0.25) is 0 Å². The summed E-state index contributed by atoms with van der Waals surface area (Å²) in [6.45, 7) is 3.98. The smallest absolute Gasteiger partial charge is 0.205 e. The van der Waals surface area contributed by atoms with E-state index in [0.29, 0.717) is 5.95 Å². The summed E-state index contributed by atoms with van der Waals surface area (Å²) in [5, 5.41) is 0. The normalized spacial score (nSPS) is 10.6. The molecule has 0 unspecified atom stereocenters. The highest BCUT2D eigenvalue weighted by molar-refractivity contribution is 9.10. The minimum atomic E-state index is 0.513. The molecule has 0 atom stereocenters. The summed E-state index contributed by atoms with van der Waals surface area (Å²) in [5.41, 5.74) is 8.96. The fraction of sp³-hybridized carbons (Fsp3) is 0.182. The maximum Gasteiger partial charge on any atom is 0.205 e. The van der Waals surface area contributed by atoms with Gasteiger partial charge in [-0.2, -0.15) is 0 Å². The maximum atomic E-state index is 5.82. The number of benzene rings is 1. The van der Waals surface area contributed by atoms with Gasteiger partial charge in [-0.15, -0.1) is 0 Å². The zero-order valence-electron chi connectivity index (χ0n) is 8.66. The van der Waals surface area contributed by atoms with Crippen molar-refractivity contribution < 1.29 is 0 Å². The van der Waals surface area contributed by atoms with Crippen LogP contribution < -0.4 is 5.73 Å². The molecule has 15 heavy (non-hydrogen) atoms. The number of nitrogens with two attached hydrogens (primary N) is 1. The van der Waals surface area contributed by atoms with Crippen molar-refractivity contribution in [3.63, 3.8) is 0 Å². The maximum absolute atomic E-state index is 5.82. The molecule has 1 heterocycles. The molecule has 0 spiro atoms. The lowest BCUT2D eigenvalue weighted by Crippen LogP contribution is -2.00. The molecule has 0 saturated carbocycles. The number of rotatable bonds is 1. The van der Waals surface area contributed by atoms with Crippen molar-refractivity contribution in [2.24, 2.45) is 0 Å². The van der Waals surface area contributed by atoms with Crippen LogP contribution in [0.1, 0.15) is 11.3 Å². The molecule has 0 saturated heterocycles. The van der Waals surface area contributed by atoms with Gasteiger partial charge in [-0.1, -0.05) is 6.07 Å². The first kappa shape index (κ1) is 10.2. The van der Waals surface area contributed by atoms with Crippen molar-refractivity contribution in [2.75, 3.05) is 5.73 Å². The van der Waals surface area contributed by atoms with Crippen LogP contribution in [0.3, 0.4) is 0 Å². The zero-order chi connectivity index (χ0) is 11.0. The molecule has 0 radical (unpaired) electrons. The second-order valence-electron chi connectivity index (χ2n) is 3.57. The molecule has 0 aliphatic carbocycles. The lowest BCUT2D eigenvalue weighted by molar-refractivity contribution is 1.06. The van der Waals surface area contributed by atoms with Crippen molar-refractivity contribution >= 4 is 21.9 Å². The van der Waals surface area contributed by atoms with Crippen molar-refractivity contribution in [3.05, 3.63) is 40.1 Å². The Morgan fingerprint density at radius 3 is 2.67 bits per heavy atom. The standard InChI is InChI=1S/C11H12BrN3/c1-7-3-4-9(12)10(5-7)15-6-8(2)14-11(15)13/h3-6H,1-2H3,(H2,13,14). The van der Waals surface area contributed by atoms with Crippen molar-refractivity contribution in [2.45, 2.75) is 13.8 Å². The quantitative estimate of drug-likeness (QED) is 0.862. The first-order valence-corrected chi connectivity index (χ1v) is 5.45. The number of hydrogen-bond acceptors (Lipinski definition) is 2. The summed E-state index contributed by atoms with van der Waals surface area (Å²) in [5.74, 6) is 0.513. The third kappa shape index (κ3) is 1.90. The lowest BCUT2D eigenvalue weighted by Gasteiger charge is -2.07. The van der Waals surface area contributed by atoms with E-state index >= 15 is 0 Å². The van der Waals surface area contributed by atoms with Crippen LogP contribution in [0.5, 0.6) is 0 Å². The fourth-order valence-electron chi connectivity index (χ4n) is 1.52. The Morgan fingerprint density at radius 1 is 1.33 bits per heavy atom. The third-order valence-electron chi connectivity index (χ3n) is 2.21. The van der Waals surface area contributed by atoms with E-state index in [9.17, 15) is 0 Å². The Morgan fingerprint density at radius 2 is 2.07 bits per heavy atom. The van der Waals surface area contributed by atoms with E-state index in [0.717, 1.165) is 15.9 Å². The predicted octanol–water partition coefficient (Wildman–Crippen LogP) is 2.83. The van der Waals surface area contributed by atoms with Crippen LogP contribution in [0.4, 0.5) is 5.95 Å². The van der Waals surface area contributed by atoms with Crippen LogP contribution in [0.25, 0.3) is 5.69 Å². The van der Waals surface area contributed by atoms with E-state index in [1.807, 2.05) is 29.8 Å². The Balaban J connectivity index is 2.62. The summed E-state index contributed by atoms with van der Waals surface area (Å²) in [4.78, 5) is 4.18. The number of nitrogens with zero attached hydrogens (tertiary/aromatic N) is 2. The van der Waals surface area contributed by atoms with E-state index in [4.69, 9.17) is 5.73 Å². The summed E-state index contributed by atoms with van der Waals surface area (Å²) in [6, 6.07) is 6.13. The molecule has 0 aliphatic rings. The largest absolute Gasteiger partial charge is 0.369 e. The van der Waals surface area contributed by atoms with Gasteiger partial charge in [0.2, 0.25) is 5.95 Å². The average Bonchev–Trinajstić information content (AvgIpc) is 2.50. The predicted molar refractivity (Wildman–Crippen MR) is 65.2 cm³/mol. The SMILES string of the molecule is Cc1ccc(Br)c(-n2cc(C)nc2N)c1. The van der Waals surface area contributed by atoms with Gasteiger partial charge in [0.15, 0.2) is 0 Å². The summed E-state index contributed by atoms with van der Waals surface area (Å²) >= 11 is 3.51. The van der Waals surface area contributed by atoms with Crippen LogP contribution >= 0.6 is 15.9 Å². The highest BCUT2D eigenvalue weighted by Crippen LogP contribution is 2.24. The number of aromatic nitrogens is 2. The Hall–Kier alpha value is -1.29. The van der Waals surface area contributed by atoms with Crippen LogP contribution in [0, 0.1) is 13.8 Å². The first-order valence-electron chi connectivity index (χ1n) is 4.66. The zero-order valence-corrected chi connectivity index (χ0v) is 10.2. The molecule has 0 aliphatic heterocycles. The molecule has 2 N–H and O–H groups in total. The minimum absolute atomic E-state index is 0.513. The number of aryl methyl sites for hydroxylation is 2. The molecular weight excluding hydrogens is 254 g/mol. The van der Waals surface area contributed by atoms with Gasteiger partial charge in [0.1, 0.15) is 0 Å². The van der Waals surface area contributed by atoms with Gasteiger partial charge in [0, 0.05) is 10.7 Å². The monoisotopic (exact) mass is 265 g/mol. The molecule has 3 nitrogen and oxygen atoms in total. The molecule has 0 fully saturated rings. The van der Waals surface area contributed by atoms with Gasteiger partial charge in [0.05, 0.1) is 11.4 Å². The van der Waals surface area contributed by atoms with Crippen LogP contribution in [0.15, 0.2) is 28.9 Å². The van der Waals surface area contributed by atoms with Crippen molar-refractivity contribution in [1.29, 1.82) is 0 Å². The molecular formula is C11H12BrN3. The second kappa shape index (κ2) is 3.70. The number of anilines is 1. The van der Waals surface area contributed by atoms with Crippen molar-refractivity contribution in [1.82, 2.24) is 9.55 Å². The van der Waals surface area contributed by atoms with E-state index in [1.165, 1.54) is 5.56 Å². The van der Waals surface area contributed by atoms with Gasteiger partial charge in [-0.3, -0.25) is 4.57 Å². The van der Waals surface area contributed by atoms with E-state index < -0.39 is 0 Å².